The number of amides is 1. The van der Waals surface area contributed by atoms with Crippen LogP contribution in [0.1, 0.15) is 11.1 Å². The molecule has 0 unspecified atom stereocenters. The van der Waals surface area contributed by atoms with Gasteiger partial charge in [-0.3, -0.25) is 4.79 Å². The monoisotopic (exact) mass is 392 g/mol. The highest BCUT2D eigenvalue weighted by Crippen LogP contribution is 2.27. The van der Waals surface area contributed by atoms with Crippen molar-refractivity contribution < 1.29 is 14.3 Å². The Morgan fingerprint density at radius 2 is 1.83 bits per heavy atom. The van der Waals surface area contributed by atoms with Gasteiger partial charge >= 0.3 is 0 Å². The van der Waals surface area contributed by atoms with E-state index in [1.54, 1.807) is 14.2 Å². The Kier molecular flexibility index (Phi) is 6.63. The van der Waals surface area contributed by atoms with E-state index in [1.807, 2.05) is 43.3 Å². The molecule has 0 spiro atoms. The lowest BCUT2D eigenvalue weighted by Crippen LogP contribution is -2.27. The summed E-state index contributed by atoms with van der Waals surface area (Å²) >= 11 is 3.44. The van der Waals surface area contributed by atoms with Crippen LogP contribution in [-0.2, 0) is 11.3 Å². The van der Waals surface area contributed by atoms with E-state index in [0.29, 0.717) is 18.0 Å². The number of hydrogen-bond donors (Lipinski definition) is 2. The number of methoxy groups -OCH3 is 2. The summed E-state index contributed by atoms with van der Waals surface area (Å²) in [7, 11) is 3.20. The highest BCUT2D eigenvalue weighted by Gasteiger charge is 2.06. The zero-order valence-corrected chi connectivity index (χ0v) is 15.6. The van der Waals surface area contributed by atoms with Gasteiger partial charge in [0.1, 0.15) is 0 Å². The summed E-state index contributed by atoms with van der Waals surface area (Å²) in [6.45, 7) is 2.77. The lowest BCUT2D eigenvalue weighted by atomic mass is 10.2. The van der Waals surface area contributed by atoms with Gasteiger partial charge < -0.3 is 20.1 Å². The number of carbonyl (C=O) groups excluding carboxylic acids is 1. The standard InChI is InChI=1S/C18H21BrN2O3/c1-12-8-14(5-6-15(12)19)21-18(22)11-20-10-13-4-7-16(23-2)17(9-13)24-3/h4-9,20H,10-11H2,1-3H3,(H,21,22). The Hall–Kier alpha value is -2.05. The Balaban J connectivity index is 1.85. The molecule has 0 bridgehead atoms. The van der Waals surface area contributed by atoms with Crippen LogP contribution >= 0.6 is 15.9 Å². The average Bonchev–Trinajstić information content (AvgIpc) is 2.58. The van der Waals surface area contributed by atoms with Crippen LogP contribution in [0.5, 0.6) is 11.5 Å². The first-order valence-electron chi connectivity index (χ1n) is 7.51. The van der Waals surface area contributed by atoms with Gasteiger partial charge in [0, 0.05) is 16.7 Å². The first-order chi connectivity index (χ1) is 11.5. The van der Waals surface area contributed by atoms with Gasteiger partial charge in [-0.25, -0.2) is 0 Å². The lowest BCUT2D eigenvalue weighted by molar-refractivity contribution is -0.115. The van der Waals surface area contributed by atoms with Gasteiger partial charge in [-0.05, 0) is 48.4 Å². The second-order valence-electron chi connectivity index (χ2n) is 5.31. The van der Waals surface area contributed by atoms with E-state index in [4.69, 9.17) is 9.47 Å². The van der Waals surface area contributed by atoms with E-state index < -0.39 is 0 Å². The number of rotatable bonds is 7. The summed E-state index contributed by atoms with van der Waals surface area (Å²) < 4.78 is 11.5. The molecule has 6 heteroatoms. The van der Waals surface area contributed by atoms with E-state index >= 15 is 0 Å². The summed E-state index contributed by atoms with van der Waals surface area (Å²) in [5, 5.41) is 5.99. The lowest BCUT2D eigenvalue weighted by Gasteiger charge is -2.11. The summed E-state index contributed by atoms with van der Waals surface area (Å²) in [4.78, 5) is 12.0. The number of anilines is 1. The Morgan fingerprint density at radius 1 is 1.08 bits per heavy atom. The van der Waals surface area contributed by atoms with Crippen LogP contribution in [0, 0.1) is 6.92 Å². The topological polar surface area (TPSA) is 59.6 Å². The molecule has 1 amide bonds. The third-order valence-corrected chi connectivity index (χ3v) is 4.39. The average molecular weight is 393 g/mol. The molecule has 24 heavy (non-hydrogen) atoms. The van der Waals surface area contributed by atoms with Gasteiger partial charge in [0.05, 0.1) is 20.8 Å². The van der Waals surface area contributed by atoms with Crippen molar-refractivity contribution in [2.24, 2.45) is 0 Å². The highest BCUT2D eigenvalue weighted by atomic mass is 79.9. The minimum atomic E-state index is -0.0859. The molecule has 2 N–H and O–H groups in total. The molecule has 0 heterocycles. The van der Waals surface area contributed by atoms with Crippen molar-refractivity contribution in [3.05, 3.63) is 52.0 Å². The molecule has 0 aliphatic rings. The predicted octanol–water partition coefficient (Wildman–Crippen LogP) is 3.50. The van der Waals surface area contributed by atoms with Crippen LogP contribution in [0.15, 0.2) is 40.9 Å². The normalized spacial score (nSPS) is 10.3. The van der Waals surface area contributed by atoms with Gasteiger partial charge in [0.15, 0.2) is 11.5 Å². The Labute approximate surface area is 150 Å². The van der Waals surface area contributed by atoms with Crippen LogP contribution in [0.25, 0.3) is 0 Å². The molecule has 5 nitrogen and oxygen atoms in total. The van der Waals surface area contributed by atoms with Crippen LogP contribution in [0.3, 0.4) is 0 Å². The summed E-state index contributed by atoms with van der Waals surface area (Å²) in [5.41, 5.74) is 2.87. The minimum Gasteiger partial charge on any atom is -0.493 e. The van der Waals surface area contributed by atoms with Crippen LogP contribution in [0.2, 0.25) is 0 Å². The van der Waals surface area contributed by atoms with Gasteiger partial charge in [0.2, 0.25) is 5.91 Å². The molecule has 0 radical (unpaired) electrons. The van der Waals surface area contributed by atoms with Crippen LogP contribution < -0.4 is 20.1 Å². The number of carbonyl (C=O) groups is 1. The summed E-state index contributed by atoms with van der Waals surface area (Å²) in [5.74, 6) is 1.27. The van der Waals surface area contributed by atoms with E-state index in [0.717, 1.165) is 21.3 Å². The molecule has 0 fully saturated rings. The van der Waals surface area contributed by atoms with Gasteiger partial charge in [-0.1, -0.05) is 22.0 Å². The van der Waals surface area contributed by atoms with E-state index in [9.17, 15) is 4.79 Å². The first kappa shape index (κ1) is 18.3. The molecule has 128 valence electrons. The molecule has 2 aromatic rings. The minimum absolute atomic E-state index is 0.0859. The van der Waals surface area contributed by atoms with E-state index in [-0.39, 0.29) is 12.5 Å². The van der Waals surface area contributed by atoms with Gasteiger partial charge in [-0.15, -0.1) is 0 Å². The van der Waals surface area contributed by atoms with E-state index in [1.165, 1.54) is 0 Å². The Bertz CT molecular complexity index is 719. The molecule has 0 saturated carbocycles. The number of nitrogens with one attached hydrogen (secondary N) is 2. The summed E-state index contributed by atoms with van der Waals surface area (Å²) in [6, 6.07) is 11.4. The smallest absolute Gasteiger partial charge is 0.238 e. The maximum absolute atomic E-state index is 12.0. The number of benzene rings is 2. The maximum Gasteiger partial charge on any atom is 0.238 e. The fourth-order valence-electron chi connectivity index (χ4n) is 2.24. The number of ether oxygens (including phenoxy) is 2. The van der Waals surface area contributed by atoms with E-state index in [2.05, 4.69) is 26.6 Å². The number of hydrogen-bond acceptors (Lipinski definition) is 4. The fourth-order valence-corrected chi connectivity index (χ4v) is 2.49. The SMILES string of the molecule is COc1ccc(CNCC(=O)Nc2ccc(Br)c(C)c2)cc1OC. The second kappa shape index (κ2) is 8.70. The quantitative estimate of drug-likeness (QED) is 0.756. The third-order valence-electron chi connectivity index (χ3n) is 3.50. The largest absolute Gasteiger partial charge is 0.493 e. The molecule has 0 aromatic heterocycles. The molecule has 0 saturated heterocycles. The third kappa shape index (κ3) is 4.97. The fraction of sp³-hybridized carbons (Fsp3) is 0.278. The van der Waals surface area contributed by atoms with Gasteiger partial charge in [-0.2, -0.15) is 0 Å². The van der Waals surface area contributed by atoms with Crippen molar-refractivity contribution in [2.75, 3.05) is 26.1 Å². The first-order valence-corrected chi connectivity index (χ1v) is 8.30. The Morgan fingerprint density at radius 3 is 2.50 bits per heavy atom. The van der Waals surface area contributed by atoms with Crippen LogP contribution in [-0.4, -0.2) is 26.7 Å². The maximum atomic E-state index is 12.0. The number of aryl methyl sites for hydroxylation is 1. The molecule has 2 rings (SSSR count). The molecule has 0 aliphatic heterocycles. The zero-order valence-electron chi connectivity index (χ0n) is 14.0. The van der Waals surface area contributed by atoms with Crippen LogP contribution in [0.4, 0.5) is 5.69 Å². The van der Waals surface area contributed by atoms with Crippen molar-refractivity contribution in [1.29, 1.82) is 0 Å². The zero-order chi connectivity index (χ0) is 17.5. The predicted molar refractivity (Wildman–Crippen MR) is 98.8 cm³/mol. The molecular weight excluding hydrogens is 372 g/mol. The van der Waals surface area contributed by atoms with Crippen molar-refractivity contribution in [3.63, 3.8) is 0 Å². The number of halogens is 1. The highest BCUT2D eigenvalue weighted by molar-refractivity contribution is 9.10. The molecule has 2 aromatic carbocycles. The second-order valence-corrected chi connectivity index (χ2v) is 6.16. The van der Waals surface area contributed by atoms with Crippen molar-refractivity contribution >= 4 is 27.5 Å². The van der Waals surface area contributed by atoms with Crippen molar-refractivity contribution in [2.45, 2.75) is 13.5 Å². The molecular formula is C18H21BrN2O3. The van der Waals surface area contributed by atoms with Gasteiger partial charge in [0.25, 0.3) is 0 Å². The molecule has 0 atom stereocenters. The molecule has 0 aliphatic carbocycles. The summed E-state index contributed by atoms with van der Waals surface area (Å²) in [6.07, 6.45) is 0. The van der Waals surface area contributed by atoms with Crippen molar-refractivity contribution in [1.82, 2.24) is 5.32 Å². The van der Waals surface area contributed by atoms with Crippen molar-refractivity contribution in [3.8, 4) is 11.5 Å².